The van der Waals surface area contributed by atoms with Crippen LogP contribution in [-0.2, 0) is 13.1 Å². The molecule has 0 radical (unpaired) electrons. The van der Waals surface area contributed by atoms with E-state index in [0.29, 0.717) is 6.54 Å². The third-order valence-electron chi connectivity index (χ3n) is 2.60. The number of aryl methyl sites for hydroxylation is 2. The van der Waals surface area contributed by atoms with Crippen LogP contribution in [0.1, 0.15) is 13.3 Å². The Morgan fingerprint density at radius 1 is 1.39 bits per heavy atom. The van der Waals surface area contributed by atoms with E-state index >= 15 is 0 Å². The first-order valence-electron chi connectivity index (χ1n) is 6.06. The number of hydrogen-bond donors (Lipinski definition) is 1. The number of imidazole rings is 1. The molecule has 18 heavy (non-hydrogen) atoms. The molecule has 0 unspecified atom stereocenters. The molecule has 0 aromatic carbocycles. The lowest BCUT2D eigenvalue weighted by atomic mass is 10.4. The van der Waals surface area contributed by atoms with Crippen LogP contribution in [0.3, 0.4) is 0 Å². The number of aromatic nitrogens is 4. The van der Waals surface area contributed by atoms with E-state index < -0.39 is 0 Å². The molecule has 0 bridgehead atoms. The summed E-state index contributed by atoms with van der Waals surface area (Å²) in [4.78, 5) is 15.7. The van der Waals surface area contributed by atoms with Gasteiger partial charge in [-0.05, 0) is 13.3 Å². The number of nitrogens with one attached hydrogen (secondary N) is 1. The molecule has 0 aliphatic heterocycles. The van der Waals surface area contributed by atoms with Crippen molar-refractivity contribution in [1.82, 2.24) is 19.3 Å². The average molecular weight is 247 g/mol. The van der Waals surface area contributed by atoms with Gasteiger partial charge in [-0.2, -0.15) is 5.10 Å². The summed E-state index contributed by atoms with van der Waals surface area (Å²) in [6.45, 7) is 4.22. The molecule has 6 heteroatoms. The minimum Gasteiger partial charge on any atom is -0.384 e. The first kappa shape index (κ1) is 12.3. The van der Waals surface area contributed by atoms with E-state index in [1.807, 2.05) is 17.7 Å². The Labute approximate surface area is 105 Å². The normalized spacial score (nSPS) is 10.5. The SMILES string of the molecule is CCNc1cnn(CCCn2ccnc2)c(=O)c1. The Morgan fingerprint density at radius 3 is 2.94 bits per heavy atom. The van der Waals surface area contributed by atoms with Crippen molar-refractivity contribution in [1.29, 1.82) is 0 Å². The molecule has 2 rings (SSSR count). The summed E-state index contributed by atoms with van der Waals surface area (Å²) in [5, 5.41) is 7.20. The van der Waals surface area contributed by atoms with Crippen molar-refractivity contribution in [2.24, 2.45) is 0 Å². The Bertz CT molecular complexity index is 532. The fourth-order valence-electron chi connectivity index (χ4n) is 1.72. The van der Waals surface area contributed by atoms with Crippen molar-refractivity contribution in [3.63, 3.8) is 0 Å². The lowest BCUT2D eigenvalue weighted by Gasteiger charge is -2.07. The van der Waals surface area contributed by atoms with Gasteiger partial charge < -0.3 is 9.88 Å². The summed E-state index contributed by atoms with van der Waals surface area (Å²) in [7, 11) is 0. The highest BCUT2D eigenvalue weighted by molar-refractivity contribution is 5.38. The molecule has 2 aromatic rings. The van der Waals surface area contributed by atoms with Crippen molar-refractivity contribution < 1.29 is 0 Å². The summed E-state index contributed by atoms with van der Waals surface area (Å²) in [5.74, 6) is 0. The largest absolute Gasteiger partial charge is 0.384 e. The third kappa shape index (κ3) is 3.19. The zero-order valence-corrected chi connectivity index (χ0v) is 10.4. The lowest BCUT2D eigenvalue weighted by Crippen LogP contribution is -2.23. The number of rotatable bonds is 6. The smallest absolute Gasteiger partial charge is 0.268 e. The fraction of sp³-hybridized carbons (Fsp3) is 0.417. The second-order valence-electron chi connectivity index (χ2n) is 3.99. The molecule has 0 atom stereocenters. The van der Waals surface area contributed by atoms with Gasteiger partial charge in [0.15, 0.2) is 0 Å². The van der Waals surface area contributed by atoms with E-state index in [0.717, 1.165) is 25.2 Å². The number of hydrogen-bond acceptors (Lipinski definition) is 4. The highest BCUT2D eigenvalue weighted by Gasteiger charge is 1.99. The van der Waals surface area contributed by atoms with Gasteiger partial charge in [0.05, 0.1) is 18.2 Å². The molecule has 2 heterocycles. The van der Waals surface area contributed by atoms with E-state index in [1.165, 1.54) is 4.68 Å². The minimum absolute atomic E-state index is 0.0703. The molecule has 96 valence electrons. The summed E-state index contributed by atoms with van der Waals surface area (Å²) in [5.41, 5.74) is 0.701. The molecule has 6 nitrogen and oxygen atoms in total. The first-order chi connectivity index (χ1) is 8.79. The van der Waals surface area contributed by atoms with Crippen LogP contribution >= 0.6 is 0 Å². The fourth-order valence-corrected chi connectivity index (χ4v) is 1.72. The van der Waals surface area contributed by atoms with E-state index in [9.17, 15) is 4.79 Å². The van der Waals surface area contributed by atoms with Gasteiger partial charge in [0.25, 0.3) is 5.56 Å². The predicted molar refractivity (Wildman–Crippen MR) is 69.5 cm³/mol. The van der Waals surface area contributed by atoms with Crippen LogP contribution < -0.4 is 10.9 Å². The van der Waals surface area contributed by atoms with E-state index in [2.05, 4.69) is 15.4 Å². The summed E-state index contributed by atoms with van der Waals surface area (Å²) in [6.07, 6.45) is 7.95. The van der Waals surface area contributed by atoms with Crippen LogP contribution in [0.5, 0.6) is 0 Å². The average Bonchev–Trinajstić information content (AvgIpc) is 2.85. The summed E-state index contributed by atoms with van der Waals surface area (Å²) >= 11 is 0. The maximum absolute atomic E-state index is 11.7. The van der Waals surface area contributed by atoms with Gasteiger partial charge in [-0.3, -0.25) is 4.79 Å². The van der Waals surface area contributed by atoms with Gasteiger partial charge in [-0.1, -0.05) is 0 Å². The van der Waals surface area contributed by atoms with Crippen LogP contribution in [0, 0.1) is 0 Å². The Balaban J connectivity index is 1.91. The molecule has 0 amide bonds. The molecule has 0 fully saturated rings. The van der Waals surface area contributed by atoms with E-state index in [-0.39, 0.29) is 5.56 Å². The molecule has 0 saturated heterocycles. The molecular weight excluding hydrogens is 230 g/mol. The number of nitrogens with zero attached hydrogens (tertiary/aromatic N) is 4. The Kier molecular flexibility index (Phi) is 4.11. The van der Waals surface area contributed by atoms with Crippen LogP contribution in [0.25, 0.3) is 0 Å². The highest BCUT2D eigenvalue weighted by Crippen LogP contribution is 1.99. The van der Waals surface area contributed by atoms with Crippen LogP contribution in [-0.4, -0.2) is 25.9 Å². The van der Waals surface area contributed by atoms with Gasteiger partial charge in [0.1, 0.15) is 0 Å². The molecule has 1 N–H and O–H groups in total. The number of anilines is 1. The van der Waals surface area contributed by atoms with Crippen LogP contribution in [0.2, 0.25) is 0 Å². The maximum Gasteiger partial charge on any atom is 0.268 e. The van der Waals surface area contributed by atoms with Crippen molar-refractivity contribution in [3.8, 4) is 0 Å². The summed E-state index contributed by atoms with van der Waals surface area (Å²) in [6, 6.07) is 1.58. The van der Waals surface area contributed by atoms with Gasteiger partial charge in [0.2, 0.25) is 0 Å². The minimum atomic E-state index is -0.0703. The van der Waals surface area contributed by atoms with Crippen LogP contribution in [0.15, 0.2) is 35.8 Å². The Morgan fingerprint density at radius 2 is 2.28 bits per heavy atom. The van der Waals surface area contributed by atoms with Gasteiger partial charge in [-0.25, -0.2) is 9.67 Å². The van der Waals surface area contributed by atoms with Crippen LogP contribution in [0.4, 0.5) is 5.69 Å². The molecule has 0 saturated carbocycles. The second-order valence-corrected chi connectivity index (χ2v) is 3.99. The molecule has 0 spiro atoms. The second kappa shape index (κ2) is 6.00. The molecule has 2 aromatic heterocycles. The quantitative estimate of drug-likeness (QED) is 0.825. The predicted octanol–water partition coefficient (Wildman–Crippen LogP) is 0.962. The molecular formula is C12H17N5O. The van der Waals surface area contributed by atoms with E-state index in [4.69, 9.17) is 0 Å². The van der Waals surface area contributed by atoms with Crippen molar-refractivity contribution in [2.45, 2.75) is 26.4 Å². The van der Waals surface area contributed by atoms with Gasteiger partial charge in [0, 0.05) is 38.1 Å². The maximum atomic E-state index is 11.7. The lowest BCUT2D eigenvalue weighted by molar-refractivity contribution is 0.507. The first-order valence-corrected chi connectivity index (χ1v) is 6.06. The topological polar surface area (TPSA) is 64.7 Å². The molecule has 0 aliphatic carbocycles. The van der Waals surface area contributed by atoms with E-state index in [1.54, 1.807) is 24.8 Å². The van der Waals surface area contributed by atoms with Gasteiger partial charge >= 0.3 is 0 Å². The van der Waals surface area contributed by atoms with Crippen molar-refractivity contribution in [2.75, 3.05) is 11.9 Å². The highest BCUT2D eigenvalue weighted by atomic mass is 16.1. The van der Waals surface area contributed by atoms with Gasteiger partial charge in [-0.15, -0.1) is 0 Å². The monoisotopic (exact) mass is 247 g/mol. The van der Waals surface area contributed by atoms with Crippen molar-refractivity contribution in [3.05, 3.63) is 41.3 Å². The zero-order valence-electron chi connectivity index (χ0n) is 10.4. The third-order valence-corrected chi connectivity index (χ3v) is 2.60. The summed E-state index contributed by atoms with van der Waals surface area (Å²) < 4.78 is 3.47. The Hall–Kier alpha value is -2.11. The standard InChI is InChI=1S/C12H17N5O/c1-2-14-11-8-12(18)17(15-9-11)6-3-5-16-7-4-13-10-16/h4,7-10,14H,2-3,5-6H2,1H3. The van der Waals surface area contributed by atoms with Crippen molar-refractivity contribution >= 4 is 5.69 Å². The zero-order chi connectivity index (χ0) is 12.8. The molecule has 0 aliphatic rings.